The third-order valence-electron chi connectivity index (χ3n) is 3.88. The van der Waals surface area contributed by atoms with Gasteiger partial charge in [0.1, 0.15) is 5.75 Å². The van der Waals surface area contributed by atoms with Gasteiger partial charge in [-0.1, -0.05) is 23.7 Å². The van der Waals surface area contributed by atoms with E-state index in [9.17, 15) is 9.59 Å². The number of ether oxygens (including phenoxy) is 2. The van der Waals surface area contributed by atoms with Crippen LogP contribution in [-0.2, 0) is 16.0 Å². The van der Waals surface area contributed by atoms with Crippen molar-refractivity contribution in [3.63, 3.8) is 0 Å². The minimum Gasteiger partial charge on any atom is -0.482 e. The molecule has 0 radical (unpaired) electrons. The van der Waals surface area contributed by atoms with Crippen LogP contribution in [0, 0.1) is 0 Å². The second-order valence-electron chi connectivity index (χ2n) is 5.35. The first-order chi connectivity index (χ1) is 11.6. The van der Waals surface area contributed by atoms with Gasteiger partial charge >= 0.3 is 5.97 Å². The van der Waals surface area contributed by atoms with Gasteiger partial charge in [-0.2, -0.15) is 0 Å². The van der Waals surface area contributed by atoms with Gasteiger partial charge in [-0.05, 0) is 42.3 Å². The van der Waals surface area contributed by atoms with Gasteiger partial charge in [-0.15, -0.1) is 0 Å². The number of benzene rings is 2. The molecule has 1 aliphatic heterocycles. The molecule has 0 saturated carbocycles. The molecule has 1 amide bonds. The predicted octanol–water partition coefficient (Wildman–Crippen LogP) is 3.09. The monoisotopic (exact) mass is 345 g/mol. The molecular formula is C18H16ClNO4. The number of fused-ring (bicyclic) bond motifs is 1. The average molecular weight is 346 g/mol. The second kappa shape index (κ2) is 6.93. The number of anilines is 1. The normalized spacial score (nSPS) is 12.7. The zero-order valence-corrected chi connectivity index (χ0v) is 13.9. The van der Waals surface area contributed by atoms with Crippen LogP contribution in [0.3, 0.4) is 0 Å². The highest BCUT2D eigenvalue weighted by atomic mass is 35.5. The molecule has 0 aromatic heterocycles. The Morgan fingerprint density at radius 1 is 1.21 bits per heavy atom. The summed E-state index contributed by atoms with van der Waals surface area (Å²) in [6.45, 7) is 0.465. The van der Waals surface area contributed by atoms with E-state index in [2.05, 4.69) is 0 Å². The Morgan fingerprint density at radius 2 is 2.00 bits per heavy atom. The fraction of sp³-hybridized carbons (Fsp3) is 0.222. The Labute approximate surface area is 144 Å². The maximum Gasteiger partial charge on any atom is 0.337 e. The number of methoxy groups -OCH3 is 1. The number of carbonyl (C=O) groups excluding carboxylic acids is 2. The number of amides is 1. The van der Waals surface area contributed by atoms with Crippen LogP contribution < -0.4 is 9.64 Å². The number of nitrogens with zero attached hydrogens (tertiary/aromatic N) is 1. The minimum absolute atomic E-state index is 0.0953. The minimum atomic E-state index is -0.385. The first-order valence-electron chi connectivity index (χ1n) is 7.49. The highest BCUT2D eigenvalue weighted by Crippen LogP contribution is 2.29. The van der Waals surface area contributed by atoms with E-state index in [-0.39, 0.29) is 18.5 Å². The van der Waals surface area contributed by atoms with Gasteiger partial charge in [-0.25, -0.2) is 4.79 Å². The molecule has 24 heavy (non-hydrogen) atoms. The van der Waals surface area contributed by atoms with E-state index in [0.29, 0.717) is 29.3 Å². The molecule has 0 fully saturated rings. The second-order valence-corrected chi connectivity index (χ2v) is 5.76. The quantitative estimate of drug-likeness (QED) is 0.799. The summed E-state index contributed by atoms with van der Waals surface area (Å²) in [7, 11) is 1.34. The zero-order valence-electron chi connectivity index (χ0n) is 13.1. The highest BCUT2D eigenvalue weighted by molar-refractivity contribution is 6.32. The lowest BCUT2D eigenvalue weighted by Crippen LogP contribution is -2.33. The summed E-state index contributed by atoms with van der Waals surface area (Å²) in [6.07, 6.45) is 0.692. The van der Waals surface area contributed by atoms with Crippen LogP contribution >= 0.6 is 11.6 Å². The summed E-state index contributed by atoms with van der Waals surface area (Å²) in [5.74, 6) is -0.0582. The molecule has 0 aliphatic carbocycles. The van der Waals surface area contributed by atoms with E-state index in [0.717, 1.165) is 11.3 Å². The van der Waals surface area contributed by atoms with Crippen LogP contribution in [0.1, 0.15) is 15.9 Å². The smallest absolute Gasteiger partial charge is 0.337 e. The molecule has 1 heterocycles. The molecule has 0 spiro atoms. The lowest BCUT2D eigenvalue weighted by molar-refractivity contribution is -0.120. The molecule has 0 atom stereocenters. The molecule has 5 nitrogen and oxygen atoms in total. The number of halogens is 1. The van der Waals surface area contributed by atoms with Crippen LogP contribution in [0.15, 0.2) is 42.5 Å². The Kier molecular flexibility index (Phi) is 4.71. The fourth-order valence-corrected chi connectivity index (χ4v) is 2.88. The van der Waals surface area contributed by atoms with Gasteiger partial charge in [0.25, 0.3) is 5.91 Å². The fourth-order valence-electron chi connectivity index (χ4n) is 2.68. The van der Waals surface area contributed by atoms with E-state index in [1.165, 1.54) is 7.11 Å². The molecule has 2 aromatic carbocycles. The summed E-state index contributed by atoms with van der Waals surface area (Å²) in [5, 5.41) is 0.467. The third kappa shape index (κ3) is 3.21. The Hall–Kier alpha value is -2.53. The highest BCUT2D eigenvalue weighted by Gasteiger charge is 2.26. The summed E-state index contributed by atoms with van der Waals surface area (Å²) in [5.41, 5.74) is 2.23. The van der Waals surface area contributed by atoms with Crippen molar-refractivity contribution in [1.29, 1.82) is 0 Å². The van der Waals surface area contributed by atoms with Crippen molar-refractivity contribution < 1.29 is 19.1 Å². The molecule has 0 saturated heterocycles. The summed E-state index contributed by atoms with van der Waals surface area (Å²) < 4.78 is 10.2. The maximum atomic E-state index is 12.4. The Balaban J connectivity index is 1.70. The topological polar surface area (TPSA) is 55.8 Å². The first-order valence-corrected chi connectivity index (χ1v) is 7.87. The van der Waals surface area contributed by atoms with E-state index in [4.69, 9.17) is 21.1 Å². The molecule has 0 unspecified atom stereocenters. The van der Waals surface area contributed by atoms with E-state index >= 15 is 0 Å². The Bertz CT molecular complexity index is 790. The third-order valence-corrected chi connectivity index (χ3v) is 4.20. The van der Waals surface area contributed by atoms with Crippen LogP contribution in [-0.4, -0.2) is 32.1 Å². The lowest BCUT2D eigenvalue weighted by atomic mass is 10.1. The molecule has 0 N–H and O–H groups in total. The zero-order chi connectivity index (χ0) is 17.1. The van der Waals surface area contributed by atoms with Gasteiger partial charge < -0.3 is 14.4 Å². The van der Waals surface area contributed by atoms with Gasteiger partial charge in [-0.3, -0.25) is 4.79 Å². The van der Waals surface area contributed by atoms with Crippen LogP contribution in [0.5, 0.6) is 5.75 Å². The van der Waals surface area contributed by atoms with Crippen LogP contribution in [0.25, 0.3) is 0 Å². The van der Waals surface area contributed by atoms with Gasteiger partial charge in [0.2, 0.25) is 0 Å². The maximum absolute atomic E-state index is 12.4. The number of carbonyl (C=O) groups is 2. The van der Waals surface area contributed by atoms with Crippen molar-refractivity contribution in [2.24, 2.45) is 0 Å². The van der Waals surface area contributed by atoms with Crippen molar-refractivity contribution in [3.8, 4) is 5.75 Å². The molecule has 3 rings (SSSR count). The summed E-state index contributed by atoms with van der Waals surface area (Å²) >= 11 is 6.02. The number of hydrogen-bond acceptors (Lipinski definition) is 4. The van der Waals surface area contributed by atoms with E-state index < -0.39 is 0 Å². The van der Waals surface area contributed by atoms with Crippen molar-refractivity contribution in [1.82, 2.24) is 0 Å². The number of esters is 1. The number of rotatable bonds is 4. The Morgan fingerprint density at radius 3 is 2.75 bits per heavy atom. The summed E-state index contributed by atoms with van der Waals surface area (Å²) in [6, 6.07) is 12.2. The largest absolute Gasteiger partial charge is 0.482 e. The lowest BCUT2D eigenvalue weighted by Gasteiger charge is -2.18. The summed E-state index contributed by atoms with van der Waals surface area (Å²) in [4.78, 5) is 25.7. The average Bonchev–Trinajstić information content (AvgIpc) is 3.03. The van der Waals surface area contributed by atoms with E-state index in [1.807, 2.05) is 0 Å². The van der Waals surface area contributed by atoms with Gasteiger partial charge in [0.15, 0.2) is 6.61 Å². The van der Waals surface area contributed by atoms with Crippen LogP contribution in [0.2, 0.25) is 5.02 Å². The predicted molar refractivity (Wildman–Crippen MR) is 90.8 cm³/mol. The van der Waals surface area contributed by atoms with Crippen molar-refractivity contribution in [3.05, 3.63) is 58.6 Å². The molecule has 1 aliphatic rings. The van der Waals surface area contributed by atoms with Crippen LogP contribution in [0.4, 0.5) is 5.69 Å². The van der Waals surface area contributed by atoms with Crippen molar-refractivity contribution >= 4 is 29.2 Å². The van der Waals surface area contributed by atoms with Crippen molar-refractivity contribution in [2.75, 3.05) is 25.2 Å². The van der Waals surface area contributed by atoms with Gasteiger partial charge in [0.05, 0.1) is 17.7 Å². The number of para-hydroxylation sites is 1. The molecule has 124 valence electrons. The molecular weight excluding hydrogens is 330 g/mol. The SMILES string of the molecule is COC(=O)c1ccc2c(c1)CCN2C(=O)COc1ccccc1Cl. The van der Waals surface area contributed by atoms with Gasteiger partial charge in [0, 0.05) is 12.2 Å². The standard InChI is InChI=1S/C18H16ClNO4/c1-23-18(22)13-6-7-15-12(10-13)8-9-20(15)17(21)11-24-16-5-3-2-4-14(16)19/h2-7,10H,8-9,11H2,1H3. The van der Waals surface area contributed by atoms with E-state index in [1.54, 1.807) is 47.4 Å². The molecule has 6 heteroatoms. The molecule has 2 aromatic rings. The number of hydrogen-bond donors (Lipinski definition) is 0. The molecule has 0 bridgehead atoms. The first kappa shape index (κ1) is 16.3. The van der Waals surface area contributed by atoms with Crippen molar-refractivity contribution in [2.45, 2.75) is 6.42 Å².